The van der Waals surface area contributed by atoms with Crippen LogP contribution in [0.3, 0.4) is 0 Å². The van der Waals surface area contributed by atoms with Gasteiger partial charge in [-0.15, -0.1) is 5.10 Å². The molecule has 1 rings (SSSR count). The molecule has 5 heteroatoms. The highest BCUT2D eigenvalue weighted by atomic mass is 32.1. The van der Waals surface area contributed by atoms with Gasteiger partial charge in [-0.1, -0.05) is 5.10 Å². The number of aromatic nitrogens is 2. The molecule has 1 aromatic heterocycles. The van der Waals surface area contributed by atoms with Gasteiger partial charge < -0.3 is 5.73 Å². The molecule has 38 valence electrons. The van der Waals surface area contributed by atoms with Gasteiger partial charge in [0.25, 0.3) is 0 Å². The molecule has 7 heavy (non-hydrogen) atoms. The maximum Gasteiger partial charge on any atom is 0.353 e. The number of anilines is 2. The average Bonchev–Trinajstić information content (AvgIpc) is 1.87. The fraction of sp³-hybridized carbons (Fsp3) is 0. The average molecular weight is 117 g/mol. The minimum atomic E-state index is 0.470. The Labute approximate surface area is 44.2 Å². The quantitative estimate of drug-likeness (QED) is 0.463. The molecule has 0 unspecified atom stereocenters. The van der Waals surface area contributed by atoms with Crippen LogP contribution in [0.5, 0.6) is 0 Å². The van der Waals surface area contributed by atoms with E-state index < -0.39 is 0 Å². The number of nitrogen functional groups attached to an aromatic ring is 2. The molecular formula is C2H5N4S+. The van der Waals surface area contributed by atoms with Crippen LogP contribution < -0.4 is 16.6 Å². The van der Waals surface area contributed by atoms with Gasteiger partial charge in [-0.05, 0) is 11.3 Å². The lowest BCUT2D eigenvalue weighted by atomic mass is 11.3. The number of nitrogens with zero attached hydrogens (tertiary/aromatic N) is 1. The maximum absolute atomic E-state index is 5.20. The van der Waals surface area contributed by atoms with Crippen LogP contribution in [-0.2, 0) is 0 Å². The Balaban J connectivity index is 3.04. The highest BCUT2D eigenvalue weighted by Crippen LogP contribution is 2.06. The van der Waals surface area contributed by atoms with E-state index >= 15 is 0 Å². The van der Waals surface area contributed by atoms with E-state index in [0.29, 0.717) is 10.3 Å². The van der Waals surface area contributed by atoms with Crippen LogP contribution in [0.4, 0.5) is 10.3 Å². The SMILES string of the molecule is Nc1n[nH+]c(N)s1. The minimum absolute atomic E-state index is 0.470. The normalized spacial score (nSPS) is 9.14. The van der Waals surface area contributed by atoms with Crippen molar-refractivity contribution < 1.29 is 5.10 Å². The number of H-pyrrole nitrogens is 1. The second-order valence-corrected chi connectivity index (χ2v) is 2.09. The predicted octanol–water partition coefficient (Wildman–Crippen LogP) is -0.878. The van der Waals surface area contributed by atoms with Gasteiger partial charge in [-0.2, -0.15) is 0 Å². The van der Waals surface area contributed by atoms with Gasteiger partial charge in [0.1, 0.15) is 0 Å². The third-order valence-electron chi connectivity index (χ3n) is 0.491. The zero-order chi connectivity index (χ0) is 5.28. The molecule has 0 aliphatic heterocycles. The van der Waals surface area contributed by atoms with Gasteiger partial charge in [0.15, 0.2) is 0 Å². The Bertz CT molecular complexity index is 142. The Morgan fingerprint density at radius 3 is 2.43 bits per heavy atom. The molecule has 0 aliphatic rings. The van der Waals surface area contributed by atoms with Crippen molar-refractivity contribution >= 4 is 21.6 Å². The van der Waals surface area contributed by atoms with Gasteiger partial charge in [-0.3, -0.25) is 5.73 Å². The molecular weight excluding hydrogens is 112 g/mol. The second-order valence-electron chi connectivity index (χ2n) is 1.03. The van der Waals surface area contributed by atoms with Gasteiger partial charge in [0.05, 0.1) is 0 Å². The summed E-state index contributed by atoms with van der Waals surface area (Å²) in [6.45, 7) is 0. The topological polar surface area (TPSA) is 79.1 Å². The van der Waals surface area contributed by atoms with E-state index in [-0.39, 0.29) is 0 Å². The van der Waals surface area contributed by atoms with Crippen LogP contribution in [0.15, 0.2) is 0 Å². The van der Waals surface area contributed by atoms with Crippen molar-refractivity contribution in [3.8, 4) is 0 Å². The largest absolute Gasteiger partial charge is 0.372 e. The van der Waals surface area contributed by atoms with Crippen molar-refractivity contribution in [2.45, 2.75) is 0 Å². The van der Waals surface area contributed by atoms with E-state index in [9.17, 15) is 0 Å². The summed E-state index contributed by atoms with van der Waals surface area (Å²) in [6.07, 6.45) is 0. The van der Waals surface area contributed by atoms with E-state index in [4.69, 9.17) is 11.5 Å². The number of hydrogen-bond donors (Lipinski definition) is 2. The van der Waals surface area contributed by atoms with Crippen molar-refractivity contribution in [2.24, 2.45) is 0 Å². The number of rotatable bonds is 0. The number of hydrogen-bond acceptors (Lipinski definition) is 4. The second kappa shape index (κ2) is 1.34. The summed E-state index contributed by atoms with van der Waals surface area (Å²) >= 11 is 1.23. The maximum atomic E-state index is 5.20. The summed E-state index contributed by atoms with van der Waals surface area (Å²) in [5.41, 5.74) is 10.4. The third-order valence-corrected chi connectivity index (χ3v) is 1.10. The fourth-order valence-electron chi connectivity index (χ4n) is 0.268. The molecule has 0 saturated heterocycles. The zero-order valence-electron chi connectivity index (χ0n) is 3.51. The predicted molar refractivity (Wildman–Crippen MR) is 27.5 cm³/mol. The molecule has 0 atom stereocenters. The third kappa shape index (κ3) is 0.774. The van der Waals surface area contributed by atoms with Crippen LogP contribution in [0.1, 0.15) is 0 Å². The molecule has 0 fully saturated rings. The highest BCUT2D eigenvalue weighted by molar-refractivity contribution is 7.18. The van der Waals surface area contributed by atoms with Crippen LogP contribution in [0.25, 0.3) is 0 Å². The minimum Gasteiger partial charge on any atom is -0.372 e. The molecule has 0 amide bonds. The van der Waals surface area contributed by atoms with Crippen molar-refractivity contribution in [3.05, 3.63) is 0 Å². The summed E-state index contributed by atoms with van der Waals surface area (Å²) < 4.78 is 0. The van der Waals surface area contributed by atoms with Crippen LogP contribution in [0.2, 0.25) is 0 Å². The van der Waals surface area contributed by atoms with E-state index in [0.717, 1.165) is 0 Å². The Morgan fingerprint density at radius 1 is 1.57 bits per heavy atom. The van der Waals surface area contributed by atoms with E-state index in [1.165, 1.54) is 11.3 Å². The molecule has 1 heterocycles. The van der Waals surface area contributed by atoms with E-state index in [2.05, 4.69) is 10.2 Å². The lowest BCUT2D eigenvalue weighted by molar-refractivity contribution is -0.430. The van der Waals surface area contributed by atoms with Crippen molar-refractivity contribution in [2.75, 3.05) is 11.5 Å². The van der Waals surface area contributed by atoms with Crippen LogP contribution in [-0.4, -0.2) is 5.10 Å². The first-order valence-corrected chi connectivity index (χ1v) is 2.50. The lowest BCUT2D eigenvalue weighted by Crippen LogP contribution is -2.07. The molecule has 5 N–H and O–H groups in total. The molecule has 0 saturated carbocycles. The monoisotopic (exact) mass is 117 g/mol. The molecule has 0 spiro atoms. The standard InChI is InChI=1S/C2H4N4S/c3-1-5-6-2(4)7-1/h(H2,3,5)(H2,4,6)/p+1. The summed E-state index contributed by atoms with van der Waals surface area (Å²) in [7, 11) is 0. The molecule has 4 nitrogen and oxygen atoms in total. The van der Waals surface area contributed by atoms with Crippen molar-refractivity contribution in [1.29, 1.82) is 0 Å². The van der Waals surface area contributed by atoms with Crippen molar-refractivity contribution in [1.82, 2.24) is 5.10 Å². The van der Waals surface area contributed by atoms with Gasteiger partial charge in [-0.25, -0.2) is 0 Å². The molecule has 0 aromatic carbocycles. The summed E-state index contributed by atoms with van der Waals surface area (Å²) in [5.74, 6) is 0. The fourth-order valence-corrected chi connectivity index (χ4v) is 0.676. The van der Waals surface area contributed by atoms with Gasteiger partial charge in [0, 0.05) is 0 Å². The number of nitrogens with two attached hydrogens (primary N) is 2. The molecule has 1 aromatic rings. The Kier molecular flexibility index (Phi) is 0.828. The summed E-state index contributed by atoms with van der Waals surface area (Å²) in [6, 6.07) is 0. The smallest absolute Gasteiger partial charge is 0.353 e. The first-order chi connectivity index (χ1) is 3.29. The van der Waals surface area contributed by atoms with Gasteiger partial charge >= 0.3 is 5.13 Å². The van der Waals surface area contributed by atoms with Crippen molar-refractivity contribution in [3.63, 3.8) is 0 Å². The molecule has 0 radical (unpaired) electrons. The lowest BCUT2D eigenvalue weighted by Gasteiger charge is -1.62. The number of aromatic amines is 1. The summed E-state index contributed by atoms with van der Waals surface area (Å²) in [4.78, 5) is 0. The number of nitrogens with one attached hydrogen (secondary N) is 1. The summed E-state index contributed by atoms with van der Waals surface area (Å²) in [5, 5.41) is 7.06. The Morgan fingerprint density at radius 2 is 2.29 bits per heavy atom. The van der Waals surface area contributed by atoms with Crippen LogP contribution in [0, 0.1) is 0 Å². The molecule has 0 aliphatic carbocycles. The van der Waals surface area contributed by atoms with E-state index in [1.54, 1.807) is 0 Å². The van der Waals surface area contributed by atoms with E-state index in [1.807, 2.05) is 0 Å². The van der Waals surface area contributed by atoms with Crippen LogP contribution >= 0.6 is 11.3 Å². The van der Waals surface area contributed by atoms with Gasteiger partial charge in [0.2, 0.25) is 5.13 Å². The Hall–Kier alpha value is -0.840. The first kappa shape index (κ1) is 4.32. The molecule has 0 bridgehead atoms. The zero-order valence-corrected chi connectivity index (χ0v) is 4.33. The first-order valence-electron chi connectivity index (χ1n) is 1.68. The highest BCUT2D eigenvalue weighted by Gasteiger charge is 1.96.